The van der Waals surface area contributed by atoms with Crippen molar-refractivity contribution in [3.8, 4) is 0 Å². The second kappa shape index (κ2) is 5.45. The third kappa shape index (κ3) is 3.27. The molecule has 0 unspecified atom stereocenters. The Bertz CT molecular complexity index is 457. The normalized spacial score (nSPS) is 16.1. The summed E-state index contributed by atoms with van der Waals surface area (Å²) < 4.78 is 0.840. The van der Waals surface area contributed by atoms with Gasteiger partial charge in [0, 0.05) is 23.8 Å². The number of hydrogen-bond acceptors (Lipinski definition) is 4. The number of carboxylic acid groups (broad SMARTS) is 1. The number of carbonyl (C=O) groups excluding carboxylic acids is 1. The van der Waals surface area contributed by atoms with Gasteiger partial charge >= 0.3 is 5.97 Å². The molecular formula is C11H12BrN3O3. The molecule has 2 heterocycles. The maximum Gasteiger partial charge on any atom is 0.309 e. The minimum Gasteiger partial charge on any atom is -0.481 e. The topological polar surface area (TPSA) is 82.5 Å². The lowest BCUT2D eigenvalue weighted by Gasteiger charge is -2.35. The minimum atomic E-state index is -0.804. The summed E-state index contributed by atoms with van der Waals surface area (Å²) in [5, 5.41) is 11.4. The molecule has 0 spiro atoms. The molecule has 1 aliphatic heterocycles. The van der Waals surface area contributed by atoms with Crippen molar-refractivity contribution in [1.29, 1.82) is 0 Å². The Morgan fingerprint density at radius 3 is 2.78 bits per heavy atom. The van der Waals surface area contributed by atoms with Crippen molar-refractivity contribution in [1.82, 2.24) is 9.88 Å². The molecule has 0 radical (unpaired) electrons. The first-order valence-electron chi connectivity index (χ1n) is 5.41. The van der Waals surface area contributed by atoms with E-state index >= 15 is 0 Å². The molecule has 96 valence electrons. The predicted molar refractivity (Wildman–Crippen MR) is 68.1 cm³/mol. The SMILES string of the molecule is O=C(CN1CC(C(=O)O)C1)Nc1ccc(Br)cn1. The van der Waals surface area contributed by atoms with Crippen LogP contribution in [0.25, 0.3) is 0 Å². The first-order chi connectivity index (χ1) is 8.54. The van der Waals surface area contributed by atoms with Gasteiger partial charge in [0.2, 0.25) is 5.91 Å². The lowest BCUT2D eigenvalue weighted by atomic mass is 10.0. The van der Waals surface area contributed by atoms with E-state index in [9.17, 15) is 9.59 Å². The number of rotatable bonds is 4. The Morgan fingerprint density at radius 1 is 1.50 bits per heavy atom. The third-order valence-corrected chi connectivity index (χ3v) is 3.14. The molecule has 2 rings (SSSR count). The fourth-order valence-corrected chi connectivity index (χ4v) is 1.92. The number of pyridine rings is 1. The molecule has 0 atom stereocenters. The number of hydrogen-bond donors (Lipinski definition) is 2. The first kappa shape index (κ1) is 13.0. The maximum atomic E-state index is 11.6. The van der Waals surface area contributed by atoms with Crippen LogP contribution in [0.3, 0.4) is 0 Å². The summed E-state index contributed by atoms with van der Waals surface area (Å²) in [5.74, 6) is -0.850. The summed E-state index contributed by atoms with van der Waals surface area (Å²) >= 11 is 3.25. The van der Waals surface area contributed by atoms with E-state index in [4.69, 9.17) is 5.11 Å². The highest BCUT2D eigenvalue weighted by atomic mass is 79.9. The van der Waals surface area contributed by atoms with Gasteiger partial charge in [0.05, 0.1) is 12.5 Å². The summed E-state index contributed by atoms with van der Waals surface area (Å²) in [6.07, 6.45) is 1.60. The number of aromatic nitrogens is 1. The number of nitrogens with zero attached hydrogens (tertiary/aromatic N) is 2. The van der Waals surface area contributed by atoms with Crippen molar-refractivity contribution in [3.63, 3.8) is 0 Å². The van der Waals surface area contributed by atoms with Gasteiger partial charge in [-0.15, -0.1) is 0 Å². The van der Waals surface area contributed by atoms with Crippen molar-refractivity contribution in [2.45, 2.75) is 0 Å². The van der Waals surface area contributed by atoms with Crippen molar-refractivity contribution in [3.05, 3.63) is 22.8 Å². The molecule has 7 heteroatoms. The Labute approximate surface area is 112 Å². The fraction of sp³-hybridized carbons (Fsp3) is 0.364. The highest BCUT2D eigenvalue weighted by Crippen LogP contribution is 2.15. The van der Waals surface area contributed by atoms with Crippen LogP contribution in [0.15, 0.2) is 22.8 Å². The summed E-state index contributed by atoms with van der Waals surface area (Å²) in [5.41, 5.74) is 0. The third-order valence-electron chi connectivity index (χ3n) is 2.67. The number of anilines is 1. The number of aliphatic carboxylic acids is 1. The van der Waals surface area contributed by atoms with E-state index in [-0.39, 0.29) is 18.4 Å². The molecule has 0 aromatic carbocycles. The molecule has 1 aromatic rings. The van der Waals surface area contributed by atoms with Crippen molar-refractivity contribution >= 4 is 33.6 Å². The van der Waals surface area contributed by atoms with Gasteiger partial charge in [0.1, 0.15) is 5.82 Å². The van der Waals surface area contributed by atoms with E-state index in [2.05, 4.69) is 26.2 Å². The van der Waals surface area contributed by atoms with Crippen LogP contribution in [0.4, 0.5) is 5.82 Å². The Hall–Kier alpha value is -1.47. The first-order valence-corrected chi connectivity index (χ1v) is 6.20. The van der Waals surface area contributed by atoms with Gasteiger partial charge < -0.3 is 10.4 Å². The standard InChI is InChI=1S/C11H12BrN3O3/c12-8-1-2-9(13-3-8)14-10(16)6-15-4-7(5-15)11(17)18/h1-3,7H,4-6H2,(H,17,18)(H,13,14,16). The number of amides is 1. The monoisotopic (exact) mass is 313 g/mol. The maximum absolute atomic E-state index is 11.6. The van der Waals surface area contributed by atoms with Gasteiger partial charge in [-0.25, -0.2) is 4.98 Å². The molecule has 1 saturated heterocycles. The highest BCUT2D eigenvalue weighted by molar-refractivity contribution is 9.10. The zero-order chi connectivity index (χ0) is 13.1. The van der Waals surface area contributed by atoms with Gasteiger partial charge in [-0.1, -0.05) is 0 Å². The zero-order valence-electron chi connectivity index (χ0n) is 9.47. The van der Waals surface area contributed by atoms with Crippen LogP contribution >= 0.6 is 15.9 Å². The van der Waals surface area contributed by atoms with Gasteiger partial charge in [0.15, 0.2) is 0 Å². The molecule has 0 saturated carbocycles. The summed E-state index contributed by atoms with van der Waals surface area (Å²) in [6.45, 7) is 1.05. The van der Waals surface area contributed by atoms with Crippen molar-refractivity contribution in [2.24, 2.45) is 5.92 Å². The van der Waals surface area contributed by atoms with Crippen LogP contribution in [0.1, 0.15) is 0 Å². The molecule has 0 bridgehead atoms. The quantitative estimate of drug-likeness (QED) is 0.859. The average molecular weight is 314 g/mol. The van der Waals surface area contributed by atoms with Gasteiger partial charge in [-0.05, 0) is 28.1 Å². The van der Waals surface area contributed by atoms with Crippen LogP contribution in [0, 0.1) is 5.92 Å². The molecular weight excluding hydrogens is 302 g/mol. The molecule has 1 aromatic heterocycles. The Morgan fingerprint density at radius 2 is 2.22 bits per heavy atom. The van der Waals surface area contributed by atoms with Gasteiger partial charge in [-0.2, -0.15) is 0 Å². The van der Waals surface area contributed by atoms with Crippen LogP contribution in [0.5, 0.6) is 0 Å². The van der Waals surface area contributed by atoms with E-state index in [1.165, 1.54) is 0 Å². The van der Waals surface area contributed by atoms with Gasteiger partial charge in [-0.3, -0.25) is 14.5 Å². The molecule has 0 aliphatic carbocycles. The summed E-state index contributed by atoms with van der Waals surface area (Å²) in [7, 11) is 0. The van der Waals surface area contributed by atoms with E-state index < -0.39 is 5.97 Å². The molecule has 2 N–H and O–H groups in total. The number of carboxylic acids is 1. The van der Waals surface area contributed by atoms with Crippen LogP contribution in [0.2, 0.25) is 0 Å². The lowest BCUT2D eigenvalue weighted by Crippen LogP contribution is -2.52. The second-order valence-electron chi connectivity index (χ2n) is 4.14. The number of halogens is 1. The van der Waals surface area contributed by atoms with E-state index in [1.807, 2.05) is 0 Å². The van der Waals surface area contributed by atoms with E-state index in [1.54, 1.807) is 23.2 Å². The molecule has 1 fully saturated rings. The smallest absolute Gasteiger partial charge is 0.309 e. The lowest BCUT2D eigenvalue weighted by molar-refractivity contribution is -0.148. The van der Waals surface area contributed by atoms with Crippen LogP contribution in [-0.4, -0.2) is 46.5 Å². The van der Waals surface area contributed by atoms with Crippen molar-refractivity contribution in [2.75, 3.05) is 25.0 Å². The summed E-state index contributed by atoms with van der Waals surface area (Å²) in [6, 6.07) is 3.48. The number of nitrogens with one attached hydrogen (secondary N) is 1. The fourth-order valence-electron chi connectivity index (χ4n) is 1.69. The number of carbonyl (C=O) groups is 2. The Kier molecular flexibility index (Phi) is 3.93. The van der Waals surface area contributed by atoms with E-state index in [0.717, 1.165) is 4.47 Å². The van der Waals surface area contributed by atoms with Crippen LogP contribution in [-0.2, 0) is 9.59 Å². The molecule has 1 aliphatic rings. The number of likely N-dealkylation sites (tertiary alicyclic amines) is 1. The predicted octanol–water partition coefficient (Wildman–Crippen LogP) is 0.799. The van der Waals surface area contributed by atoms with Crippen LogP contribution < -0.4 is 5.32 Å². The molecule has 18 heavy (non-hydrogen) atoms. The minimum absolute atomic E-state index is 0.186. The highest BCUT2D eigenvalue weighted by Gasteiger charge is 2.33. The largest absolute Gasteiger partial charge is 0.481 e. The molecule has 1 amide bonds. The molecule has 6 nitrogen and oxygen atoms in total. The Balaban J connectivity index is 1.76. The van der Waals surface area contributed by atoms with E-state index in [0.29, 0.717) is 18.9 Å². The van der Waals surface area contributed by atoms with Gasteiger partial charge in [0.25, 0.3) is 0 Å². The second-order valence-corrected chi connectivity index (χ2v) is 5.05. The van der Waals surface area contributed by atoms with Crippen molar-refractivity contribution < 1.29 is 14.7 Å². The average Bonchev–Trinajstić information content (AvgIpc) is 2.25. The summed E-state index contributed by atoms with van der Waals surface area (Å²) in [4.78, 5) is 28.0. The zero-order valence-corrected chi connectivity index (χ0v) is 11.1.